The van der Waals surface area contributed by atoms with E-state index in [1.807, 2.05) is 13.8 Å². The van der Waals surface area contributed by atoms with E-state index in [0.717, 1.165) is 18.5 Å². The van der Waals surface area contributed by atoms with Crippen molar-refractivity contribution in [3.8, 4) is 6.07 Å². The Kier molecular flexibility index (Phi) is 2.40. The molecular weight excluding hydrogens is 184 g/mol. The first-order chi connectivity index (χ1) is 7.13. The van der Waals surface area contributed by atoms with Gasteiger partial charge in [0.2, 0.25) is 0 Å². The third kappa shape index (κ3) is 1.83. The van der Waals surface area contributed by atoms with Gasteiger partial charge in [-0.3, -0.25) is 0 Å². The zero-order valence-electron chi connectivity index (χ0n) is 9.30. The molecule has 0 atom stereocenters. The van der Waals surface area contributed by atoms with Gasteiger partial charge in [0.05, 0.1) is 11.5 Å². The number of fused-ring (bicyclic) bond motifs is 1. The lowest BCUT2D eigenvalue weighted by molar-refractivity contribution is 0.683. The first kappa shape index (κ1) is 10.0. The maximum Gasteiger partial charge on any atom is 0.0766 e. The van der Waals surface area contributed by atoms with Gasteiger partial charge in [-0.2, -0.15) is 5.26 Å². The van der Waals surface area contributed by atoms with Crippen LogP contribution in [0.5, 0.6) is 0 Å². The largest absolute Gasteiger partial charge is 0.385 e. The van der Waals surface area contributed by atoms with Gasteiger partial charge in [0, 0.05) is 12.2 Å². The highest BCUT2D eigenvalue weighted by molar-refractivity contribution is 5.55. The van der Waals surface area contributed by atoms with E-state index in [9.17, 15) is 0 Å². The summed E-state index contributed by atoms with van der Waals surface area (Å²) in [4.78, 5) is 0. The van der Waals surface area contributed by atoms with E-state index in [-0.39, 0.29) is 5.41 Å². The predicted octanol–water partition coefficient (Wildman–Crippen LogP) is 2.85. The number of nitrogens with one attached hydrogen (secondary N) is 1. The van der Waals surface area contributed by atoms with Gasteiger partial charge in [-0.1, -0.05) is 12.1 Å². The van der Waals surface area contributed by atoms with E-state index in [0.29, 0.717) is 0 Å². The number of nitrogens with zero attached hydrogens (tertiary/aromatic N) is 1. The molecule has 1 aliphatic rings. The Hall–Kier alpha value is -1.49. The van der Waals surface area contributed by atoms with Crippen LogP contribution in [-0.4, -0.2) is 6.54 Å². The Bertz CT molecular complexity index is 413. The summed E-state index contributed by atoms with van der Waals surface area (Å²) in [6.07, 6.45) is 2.31. The molecule has 0 saturated heterocycles. The van der Waals surface area contributed by atoms with Crippen LogP contribution in [0, 0.1) is 11.3 Å². The van der Waals surface area contributed by atoms with E-state index < -0.39 is 0 Å². The maximum atomic E-state index is 9.09. The van der Waals surface area contributed by atoms with Crippen molar-refractivity contribution in [2.45, 2.75) is 32.1 Å². The molecule has 0 aromatic heterocycles. The minimum Gasteiger partial charge on any atom is -0.385 e. The van der Waals surface area contributed by atoms with Crippen LogP contribution in [0.3, 0.4) is 0 Å². The molecule has 1 aromatic rings. The minimum atomic E-state index is -0.382. The molecule has 0 fully saturated rings. The van der Waals surface area contributed by atoms with E-state index in [2.05, 4.69) is 29.6 Å². The van der Waals surface area contributed by atoms with Crippen LogP contribution in [-0.2, 0) is 11.8 Å². The van der Waals surface area contributed by atoms with E-state index in [1.54, 1.807) is 0 Å². The molecule has 0 bridgehead atoms. The number of benzene rings is 1. The van der Waals surface area contributed by atoms with E-state index >= 15 is 0 Å². The molecule has 15 heavy (non-hydrogen) atoms. The van der Waals surface area contributed by atoms with Crippen molar-refractivity contribution in [2.24, 2.45) is 0 Å². The van der Waals surface area contributed by atoms with Gasteiger partial charge in [0.1, 0.15) is 0 Å². The molecule has 78 valence electrons. The molecule has 0 aliphatic carbocycles. The number of nitriles is 1. The normalized spacial score (nSPS) is 15.0. The second-order valence-corrected chi connectivity index (χ2v) is 4.64. The average Bonchev–Trinajstić information content (AvgIpc) is 2.28. The van der Waals surface area contributed by atoms with Gasteiger partial charge >= 0.3 is 0 Å². The summed E-state index contributed by atoms with van der Waals surface area (Å²) < 4.78 is 0. The van der Waals surface area contributed by atoms with Crippen molar-refractivity contribution in [3.63, 3.8) is 0 Å². The lowest BCUT2D eigenvalue weighted by atomic mass is 9.84. The standard InChI is InChI=1S/C13H16N2/c1-13(2,9-14)11-5-6-12-10(8-11)4-3-7-15-12/h5-6,8,15H,3-4,7H2,1-2H3. The van der Waals surface area contributed by atoms with Gasteiger partial charge in [0.25, 0.3) is 0 Å². The van der Waals surface area contributed by atoms with Gasteiger partial charge in [-0.15, -0.1) is 0 Å². The fourth-order valence-electron chi connectivity index (χ4n) is 1.93. The van der Waals surface area contributed by atoms with Crippen LogP contribution in [0.15, 0.2) is 18.2 Å². The highest BCUT2D eigenvalue weighted by Crippen LogP contribution is 2.29. The van der Waals surface area contributed by atoms with Gasteiger partial charge < -0.3 is 5.32 Å². The summed E-state index contributed by atoms with van der Waals surface area (Å²) in [7, 11) is 0. The summed E-state index contributed by atoms with van der Waals surface area (Å²) in [5.74, 6) is 0. The number of hydrogen-bond donors (Lipinski definition) is 1. The first-order valence-corrected chi connectivity index (χ1v) is 5.42. The van der Waals surface area contributed by atoms with Crippen molar-refractivity contribution >= 4 is 5.69 Å². The van der Waals surface area contributed by atoms with Crippen molar-refractivity contribution in [2.75, 3.05) is 11.9 Å². The Morgan fingerprint density at radius 3 is 2.93 bits per heavy atom. The number of anilines is 1. The summed E-state index contributed by atoms with van der Waals surface area (Å²) in [6, 6.07) is 8.67. The third-order valence-electron chi connectivity index (χ3n) is 3.04. The molecule has 2 heteroatoms. The number of aryl methyl sites for hydroxylation is 1. The number of hydrogen-bond acceptors (Lipinski definition) is 2. The summed E-state index contributed by atoms with van der Waals surface area (Å²) in [5, 5.41) is 12.5. The zero-order chi connectivity index (χ0) is 10.9. The minimum absolute atomic E-state index is 0.382. The van der Waals surface area contributed by atoms with Gasteiger partial charge in [-0.25, -0.2) is 0 Å². The molecule has 0 radical (unpaired) electrons. The SMILES string of the molecule is CC(C)(C#N)c1ccc2c(c1)CCCN2. The van der Waals surface area contributed by atoms with Crippen molar-refractivity contribution in [3.05, 3.63) is 29.3 Å². The van der Waals surface area contributed by atoms with Crippen LogP contribution in [0.2, 0.25) is 0 Å². The van der Waals surface area contributed by atoms with Crippen molar-refractivity contribution < 1.29 is 0 Å². The molecule has 2 nitrogen and oxygen atoms in total. The maximum absolute atomic E-state index is 9.09. The monoisotopic (exact) mass is 200 g/mol. The molecule has 1 N–H and O–H groups in total. The average molecular weight is 200 g/mol. The molecular formula is C13H16N2. The molecule has 0 spiro atoms. The smallest absolute Gasteiger partial charge is 0.0766 e. The molecule has 0 unspecified atom stereocenters. The molecule has 2 rings (SSSR count). The first-order valence-electron chi connectivity index (χ1n) is 5.42. The summed E-state index contributed by atoms with van der Waals surface area (Å²) in [5.41, 5.74) is 3.32. The van der Waals surface area contributed by atoms with Crippen LogP contribution in [0.4, 0.5) is 5.69 Å². The summed E-state index contributed by atoms with van der Waals surface area (Å²) >= 11 is 0. The quantitative estimate of drug-likeness (QED) is 0.756. The van der Waals surface area contributed by atoms with Crippen molar-refractivity contribution in [1.29, 1.82) is 5.26 Å². The van der Waals surface area contributed by atoms with Gasteiger partial charge in [0.15, 0.2) is 0 Å². The Labute approximate surface area is 90.9 Å². The Morgan fingerprint density at radius 2 is 2.20 bits per heavy atom. The van der Waals surface area contributed by atoms with Crippen LogP contribution in [0.25, 0.3) is 0 Å². The Morgan fingerprint density at radius 1 is 1.40 bits per heavy atom. The molecule has 1 aliphatic heterocycles. The van der Waals surface area contributed by atoms with Crippen LogP contribution >= 0.6 is 0 Å². The van der Waals surface area contributed by atoms with Crippen LogP contribution in [0.1, 0.15) is 31.4 Å². The lowest BCUT2D eigenvalue weighted by Crippen LogP contribution is -2.17. The van der Waals surface area contributed by atoms with Gasteiger partial charge in [-0.05, 0) is 43.9 Å². The Balaban J connectivity index is 2.41. The zero-order valence-corrected chi connectivity index (χ0v) is 9.30. The fraction of sp³-hybridized carbons (Fsp3) is 0.462. The highest BCUT2D eigenvalue weighted by Gasteiger charge is 2.21. The van der Waals surface area contributed by atoms with E-state index in [4.69, 9.17) is 5.26 Å². The molecule has 0 saturated carbocycles. The van der Waals surface area contributed by atoms with E-state index in [1.165, 1.54) is 17.7 Å². The number of rotatable bonds is 1. The highest BCUT2D eigenvalue weighted by atomic mass is 14.9. The molecule has 1 heterocycles. The fourth-order valence-corrected chi connectivity index (χ4v) is 1.93. The molecule has 0 amide bonds. The van der Waals surface area contributed by atoms with Crippen LogP contribution < -0.4 is 5.32 Å². The second-order valence-electron chi connectivity index (χ2n) is 4.64. The lowest BCUT2D eigenvalue weighted by Gasteiger charge is -2.22. The van der Waals surface area contributed by atoms with Crippen molar-refractivity contribution in [1.82, 2.24) is 0 Å². The predicted molar refractivity (Wildman–Crippen MR) is 61.9 cm³/mol. The summed E-state index contributed by atoms with van der Waals surface area (Å²) in [6.45, 7) is 4.99. The molecule has 1 aromatic carbocycles. The second kappa shape index (κ2) is 3.58. The topological polar surface area (TPSA) is 35.8 Å². The third-order valence-corrected chi connectivity index (χ3v) is 3.04.